The van der Waals surface area contributed by atoms with Gasteiger partial charge in [-0.15, -0.1) is 0 Å². The van der Waals surface area contributed by atoms with Crippen molar-refractivity contribution < 1.29 is 22.5 Å². The number of hydrogen-bond acceptors (Lipinski definition) is 7. The Bertz CT molecular complexity index is 1150. The number of non-ortho nitro benzene ring substituents is 1. The summed E-state index contributed by atoms with van der Waals surface area (Å²) >= 11 is 0. The molecule has 4 rings (SSSR count). The second-order valence-electron chi connectivity index (χ2n) is 7.03. The van der Waals surface area contributed by atoms with Crippen LogP contribution in [0.15, 0.2) is 57.8 Å². The number of para-hydroxylation sites is 1. The minimum absolute atomic E-state index is 0.0998. The Kier molecular flexibility index (Phi) is 5.46. The van der Waals surface area contributed by atoms with Crippen LogP contribution in [0.3, 0.4) is 0 Å². The molecule has 1 aliphatic rings. The number of fused-ring (bicyclic) bond motifs is 1. The van der Waals surface area contributed by atoms with Crippen LogP contribution < -0.4 is 4.90 Å². The van der Waals surface area contributed by atoms with Crippen molar-refractivity contribution in [1.82, 2.24) is 4.31 Å². The average molecular weight is 431 g/mol. The fourth-order valence-corrected chi connectivity index (χ4v) is 5.16. The first-order valence-electron chi connectivity index (χ1n) is 9.41. The van der Waals surface area contributed by atoms with E-state index in [0.29, 0.717) is 18.0 Å². The summed E-state index contributed by atoms with van der Waals surface area (Å²) < 4.78 is 38.9. The van der Waals surface area contributed by atoms with Crippen LogP contribution >= 0.6 is 0 Å². The van der Waals surface area contributed by atoms with Gasteiger partial charge in [0.05, 0.1) is 30.4 Å². The molecule has 0 bridgehead atoms. The van der Waals surface area contributed by atoms with E-state index in [1.807, 2.05) is 30.3 Å². The first-order valence-corrected chi connectivity index (χ1v) is 10.9. The number of anilines is 1. The fourth-order valence-electron chi connectivity index (χ4n) is 3.50. The summed E-state index contributed by atoms with van der Waals surface area (Å²) in [7, 11) is -2.21. The lowest BCUT2D eigenvalue weighted by atomic mass is 10.2. The van der Waals surface area contributed by atoms with E-state index in [9.17, 15) is 18.5 Å². The molecule has 1 aliphatic heterocycles. The predicted molar refractivity (Wildman–Crippen MR) is 111 cm³/mol. The maximum absolute atomic E-state index is 13.3. The molecule has 0 spiro atoms. The maximum Gasteiger partial charge on any atom is 0.270 e. The summed E-state index contributed by atoms with van der Waals surface area (Å²) in [6.07, 6.45) is 0. The van der Waals surface area contributed by atoms with E-state index in [0.717, 1.165) is 17.0 Å². The van der Waals surface area contributed by atoms with E-state index in [4.69, 9.17) is 9.15 Å². The SMILES string of the molecule is CN(Cc1cc2ccccc2o1)c1ccc([N+](=O)[O-])cc1S(=O)(=O)N1CCOCC1. The lowest BCUT2D eigenvalue weighted by Crippen LogP contribution is -2.41. The van der Waals surface area contributed by atoms with Gasteiger partial charge >= 0.3 is 0 Å². The van der Waals surface area contributed by atoms with Gasteiger partial charge in [0.2, 0.25) is 10.0 Å². The van der Waals surface area contributed by atoms with Crippen molar-refractivity contribution in [3.63, 3.8) is 0 Å². The second kappa shape index (κ2) is 8.05. The van der Waals surface area contributed by atoms with Gasteiger partial charge in [-0.2, -0.15) is 4.31 Å². The molecule has 10 heteroatoms. The Morgan fingerprint density at radius 2 is 1.87 bits per heavy atom. The number of hydrogen-bond donors (Lipinski definition) is 0. The Morgan fingerprint density at radius 1 is 1.13 bits per heavy atom. The van der Waals surface area contributed by atoms with Crippen LogP contribution in [0.2, 0.25) is 0 Å². The van der Waals surface area contributed by atoms with Gasteiger partial charge < -0.3 is 14.1 Å². The topological polar surface area (TPSA) is 106 Å². The molecular formula is C20H21N3O6S. The van der Waals surface area contributed by atoms with Crippen molar-refractivity contribution in [2.45, 2.75) is 11.4 Å². The molecule has 0 unspecified atom stereocenters. The zero-order valence-electron chi connectivity index (χ0n) is 16.4. The molecule has 2 aromatic carbocycles. The normalized spacial score (nSPS) is 15.4. The van der Waals surface area contributed by atoms with Crippen LogP contribution in [0.5, 0.6) is 0 Å². The van der Waals surface area contributed by atoms with Crippen LogP contribution in [-0.2, 0) is 21.3 Å². The van der Waals surface area contributed by atoms with E-state index >= 15 is 0 Å². The minimum Gasteiger partial charge on any atom is -0.459 e. The summed E-state index contributed by atoms with van der Waals surface area (Å²) in [6.45, 7) is 1.30. The van der Waals surface area contributed by atoms with Crippen molar-refractivity contribution in [3.05, 3.63) is 64.4 Å². The number of benzene rings is 2. The quantitative estimate of drug-likeness (QED) is 0.436. The number of morpholine rings is 1. The Hall–Kier alpha value is -2.95. The number of furan rings is 1. The monoisotopic (exact) mass is 431 g/mol. The Morgan fingerprint density at radius 3 is 2.57 bits per heavy atom. The van der Waals surface area contributed by atoms with Crippen molar-refractivity contribution >= 4 is 32.4 Å². The standard InChI is InChI=1S/C20H21N3O6S/c1-21(14-17-12-15-4-2-3-5-19(15)29-17)18-7-6-16(23(24)25)13-20(18)30(26,27)22-8-10-28-11-9-22/h2-7,12-13H,8-11,14H2,1H3. The number of nitrogens with zero attached hydrogens (tertiary/aromatic N) is 3. The van der Waals surface area contributed by atoms with Gasteiger partial charge in [-0.25, -0.2) is 8.42 Å². The first kappa shape index (κ1) is 20.3. The highest BCUT2D eigenvalue weighted by Gasteiger charge is 2.31. The lowest BCUT2D eigenvalue weighted by Gasteiger charge is -2.28. The highest BCUT2D eigenvalue weighted by atomic mass is 32.2. The molecule has 30 heavy (non-hydrogen) atoms. The molecule has 0 saturated carbocycles. The third kappa shape index (κ3) is 3.89. The molecule has 0 aliphatic carbocycles. The largest absolute Gasteiger partial charge is 0.459 e. The van der Waals surface area contributed by atoms with Gasteiger partial charge in [0.15, 0.2) is 0 Å². The summed E-state index contributed by atoms with van der Waals surface area (Å²) in [5.41, 5.74) is 0.834. The van der Waals surface area contributed by atoms with Gasteiger partial charge in [-0.1, -0.05) is 18.2 Å². The zero-order valence-corrected chi connectivity index (χ0v) is 17.2. The molecule has 1 saturated heterocycles. The number of ether oxygens (including phenoxy) is 1. The first-order chi connectivity index (χ1) is 14.4. The predicted octanol–water partition coefficient (Wildman–Crippen LogP) is 3.00. The molecule has 3 aromatic rings. The van der Waals surface area contributed by atoms with Crippen molar-refractivity contribution in [2.75, 3.05) is 38.3 Å². The van der Waals surface area contributed by atoms with Crippen LogP contribution in [0.25, 0.3) is 11.0 Å². The van der Waals surface area contributed by atoms with Crippen LogP contribution in [0.1, 0.15) is 5.76 Å². The van der Waals surface area contributed by atoms with Crippen LogP contribution in [-0.4, -0.2) is 51.0 Å². The summed E-state index contributed by atoms with van der Waals surface area (Å²) in [6, 6.07) is 13.4. The average Bonchev–Trinajstić information content (AvgIpc) is 3.16. The zero-order chi connectivity index (χ0) is 21.3. The van der Waals surface area contributed by atoms with Crippen molar-refractivity contribution in [3.8, 4) is 0 Å². The van der Waals surface area contributed by atoms with Gasteiger partial charge in [0.25, 0.3) is 5.69 Å². The molecule has 2 heterocycles. The molecule has 9 nitrogen and oxygen atoms in total. The lowest BCUT2D eigenvalue weighted by molar-refractivity contribution is -0.385. The molecule has 1 fully saturated rings. The van der Waals surface area contributed by atoms with Gasteiger partial charge in [-0.05, 0) is 18.2 Å². The molecule has 1 aromatic heterocycles. The summed E-state index contributed by atoms with van der Waals surface area (Å²) in [5.74, 6) is 0.659. The minimum atomic E-state index is -3.93. The molecule has 158 valence electrons. The highest BCUT2D eigenvalue weighted by molar-refractivity contribution is 7.89. The fraction of sp³-hybridized carbons (Fsp3) is 0.300. The van der Waals surface area contributed by atoms with Gasteiger partial charge in [0.1, 0.15) is 16.2 Å². The highest BCUT2D eigenvalue weighted by Crippen LogP contribution is 2.32. The van der Waals surface area contributed by atoms with E-state index in [-0.39, 0.29) is 36.9 Å². The van der Waals surface area contributed by atoms with Gasteiger partial charge in [-0.3, -0.25) is 10.1 Å². The third-order valence-corrected chi connectivity index (χ3v) is 6.95. The van der Waals surface area contributed by atoms with E-state index in [1.165, 1.54) is 16.4 Å². The Labute approximate surface area is 173 Å². The third-order valence-electron chi connectivity index (χ3n) is 5.02. The number of rotatable bonds is 6. The summed E-state index contributed by atoms with van der Waals surface area (Å²) in [4.78, 5) is 12.3. The molecule has 0 radical (unpaired) electrons. The van der Waals surface area contributed by atoms with Crippen molar-refractivity contribution in [1.29, 1.82) is 0 Å². The Balaban J connectivity index is 1.71. The van der Waals surface area contributed by atoms with E-state index in [2.05, 4.69) is 0 Å². The molecule has 0 amide bonds. The van der Waals surface area contributed by atoms with E-state index in [1.54, 1.807) is 11.9 Å². The van der Waals surface area contributed by atoms with Crippen LogP contribution in [0.4, 0.5) is 11.4 Å². The van der Waals surface area contributed by atoms with Crippen molar-refractivity contribution in [2.24, 2.45) is 0 Å². The smallest absolute Gasteiger partial charge is 0.270 e. The van der Waals surface area contributed by atoms with Gasteiger partial charge in [0, 0.05) is 37.7 Å². The number of sulfonamides is 1. The number of nitro groups is 1. The van der Waals surface area contributed by atoms with Crippen LogP contribution in [0, 0.1) is 10.1 Å². The molecule has 0 atom stereocenters. The molecule has 0 N–H and O–H groups in total. The number of nitro benzene ring substituents is 1. The molecular weight excluding hydrogens is 410 g/mol. The maximum atomic E-state index is 13.3. The second-order valence-corrected chi connectivity index (χ2v) is 8.94. The van der Waals surface area contributed by atoms with E-state index < -0.39 is 14.9 Å². The summed E-state index contributed by atoms with van der Waals surface area (Å²) in [5, 5.41) is 12.2.